The molecule has 31 heavy (non-hydrogen) atoms. The zero-order valence-corrected chi connectivity index (χ0v) is 16.8. The molecule has 0 saturated heterocycles. The number of nitrogens with zero attached hydrogens (tertiary/aromatic N) is 5. The van der Waals surface area contributed by atoms with E-state index in [9.17, 15) is 20.2 Å². The second-order valence-electron chi connectivity index (χ2n) is 5.96. The Hall–Kier alpha value is -4.24. The molecule has 1 heterocycles. The molecule has 0 atom stereocenters. The van der Waals surface area contributed by atoms with Gasteiger partial charge in [-0.25, -0.2) is 0 Å². The third-order valence-electron chi connectivity index (χ3n) is 3.99. The Morgan fingerprint density at radius 3 is 2.48 bits per heavy atom. The minimum atomic E-state index is -0.729. The van der Waals surface area contributed by atoms with Gasteiger partial charge >= 0.3 is 17.3 Å². The van der Waals surface area contributed by atoms with Crippen molar-refractivity contribution in [2.75, 3.05) is 11.6 Å². The first kappa shape index (κ1) is 21.5. The van der Waals surface area contributed by atoms with Gasteiger partial charge in [-0.1, -0.05) is 42.1 Å². The average Bonchev–Trinajstić information content (AvgIpc) is 2.77. The summed E-state index contributed by atoms with van der Waals surface area (Å²) in [7, 11) is 0. The molecule has 11 nitrogen and oxygen atoms in total. The van der Waals surface area contributed by atoms with Crippen LogP contribution in [0.1, 0.15) is 11.1 Å². The first-order valence-corrected chi connectivity index (χ1v) is 9.90. The predicted molar refractivity (Wildman–Crippen MR) is 112 cm³/mol. The predicted octanol–water partition coefficient (Wildman–Crippen LogP) is 4.29. The largest absolute Gasteiger partial charge is 0.426 e. The van der Waals surface area contributed by atoms with Crippen LogP contribution in [0.15, 0.2) is 53.7 Å². The number of rotatable bonds is 8. The van der Waals surface area contributed by atoms with E-state index in [0.717, 1.165) is 29.5 Å². The minimum absolute atomic E-state index is 0.0878. The van der Waals surface area contributed by atoms with Gasteiger partial charge in [0.15, 0.2) is 5.16 Å². The second kappa shape index (κ2) is 9.51. The van der Waals surface area contributed by atoms with Crippen molar-refractivity contribution in [2.45, 2.75) is 11.7 Å². The summed E-state index contributed by atoms with van der Waals surface area (Å²) in [6, 6.07) is 14.5. The zero-order chi connectivity index (χ0) is 22.4. The standard InChI is InChI=1S/C19H14N6O5S/c1-31-19-22-17(21-11-12-5-3-2-4-6-12)16(25(28)29)18(23-19)30-15-9-13(10-20)7-8-14(15)24(26)27/h2-9H,11H2,1H3,(H,21,22,23). The van der Waals surface area contributed by atoms with Crippen LogP contribution in [0, 0.1) is 31.6 Å². The number of thioether (sulfide) groups is 1. The Bertz CT molecular complexity index is 1180. The maximum atomic E-state index is 11.8. The van der Waals surface area contributed by atoms with Gasteiger partial charge in [-0.3, -0.25) is 20.2 Å². The number of anilines is 1. The van der Waals surface area contributed by atoms with Gasteiger partial charge in [-0.2, -0.15) is 15.2 Å². The van der Waals surface area contributed by atoms with Crippen LogP contribution >= 0.6 is 11.8 Å². The first-order valence-electron chi connectivity index (χ1n) is 8.67. The molecule has 0 radical (unpaired) electrons. The number of nitro benzene ring substituents is 1. The van der Waals surface area contributed by atoms with E-state index in [4.69, 9.17) is 10.00 Å². The Labute approximate surface area is 180 Å². The lowest BCUT2D eigenvalue weighted by molar-refractivity contribution is -0.387. The number of ether oxygens (including phenoxy) is 1. The van der Waals surface area contributed by atoms with Gasteiger partial charge in [0.2, 0.25) is 11.6 Å². The van der Waals surface area contributed by atoms with Gasteiger partial charge in [0.25, 0.3) is 0 Å². The molecule has 0 aliphatic heterocycles. The lowest BCUT2D eigenvalue weighted by atomic mass is 10.2. The van der Waals surface area contributed by atoms with Crippen molar-refractivity contribution < 1.29 is 14.6 Å². The fourth-order valence-corrected chi connectivity index (χ4v) is 2.92. The number of nitriles is 1. The van der Waals surface area contributed by atoms with Gasteiger partial charge in [0.05, 0.1) is 21.5 Å². The van der Waals surface area contributed by atoms with Crippen molar-refractivity contribution in [3.63, 3.8) is 0 Å². The van der Waals surface area contributed by atoms with Crippen molar-refractivity contribution in [3.8, 4) is 17.7 Å². The minimum Gasteiger partial charge on any atom is -0.426 e. The number of nitrogens with one attached hydrogen (secondary N) is 1. The van der Waals surface area contributed by atoms with Crippen molar-refractivity contribution in [3.05, 3.63) is 79.9 Å². The van der Waals surface area contributed by atoms with Gasteiger partial charge in [0.1, 0.15) is 0 Å². The third kappa shape index (κ3) is 5.03. The van der Waals surface area contributed by atoms with Crippen LogP contribution < -0.4 is 10.1 Å². The summed E-state index contributed by atoms with van der Waals surface area (Å²) in [5.41, 5.74) is -0.0902. The van der Waals surface area contributed by atoms with E-state index in [-0.39, 0.29) is 28.8 Å². The highest BCUT2D eigenvalue weighted by molar-refractivity contribution is 7.98. The Morgan fingerprint density at radius 2 is 1.87 bits per heavy atom. The van der Waals surface area contributed by atoms with Gasteiger partial charge in [-0.15, -0.1) is 0 Å². The molecule has 0 unspecified atom stereocenters. The summed E-state index contributed by atoms with van der Waals surface area (Å²) >= 11 is 1.12. The summed E-state index contributed by atoms with van der Waals surface area (Å²) in [5.74, 6) is -0.910. The molecule has 0 fully saturated rings. The molecule has 0 amide bonds. The Balaban J connectivity index is 2.07. The highest BCUT2D eigenvalue weighted by Crippen LogP contribution is 2.39. The van der Waals surface area contributed by atoms with Crippen LogP contribution in [0.25, 0.3) is 0 Å². The summed E-state index contributed by atoms with van der Waals surface area (Å²) in [6.45, 7) is 0.246. The SMILES string of the molecule is CSc1nc(NCc2ccccc2)c([N+](=O)[O-])c(Oc2cc(C#N)ccc2[N+](=O)[O-])n1. The lowest BCUT2D eigenvalue weighted by Crippen LogP contribution is -2.08. The first-order chi connectivity index (χ1) is 14.9. The van der Waals surface area contributed by atoms with Gasteiger partial charge < -0.3 is 10.1 Å². The molecule has 1 aromatic heterocycles. The highest BCUT2D eigenvalue weighted by atomic mass is 32.2. The van der Waals surface area contributed by atoms with Crippen LogP contribution in [0.5, 0.6) is 11.6 Å². The summed E-state index contributed by atoms with van der Waals surface area (Å²) < 4.78 is 5.50. The maximum absolute atomic E-state index is 11.8. The van der Waals surface area contributed by atoms with E-state index in [1.807, 2.05) is 36.4 Å². The summed E-state index contributed by atoms with van der Waals surface area (Å²) in [5, 5.41) is 35.3. The summed E-state index contributed by atoms with van der Waals surface area (Å²) in [4.78, 5) is 29.9. The van der Waals surface area contributed by atoms with E-state index in [1.54, 1.807) is 6.26 Å². The van der Waals surface area contributed by atoms with Crippen molar-refractivity contribution >= 4 is 29.0 Å². The molecule has 0 aliphatic rings. The van der Waals surface area contributed by atoms with Crippen LogP contribution in [-0.4, -0.2) is 26.1 Å². The van der Waals surface area contributed by atoms with Gasteiger partial charge in [0, 0.05) is 18.7 Å². The molecule has 3 aromatic rings. The molecule has 0 aliphatic carbocycles. The van der Waals surface area contributed by atoms with Gasteiger partial charge in [-0.05, 0) is 17.9 Å². The summed E-state index contributed by atoms with van der Waals surface area (Å²) in [6.07, 6.45) is 1.67. The lowest BCUT2D eigenvalue weighted by Gasteiger charge is -2.11. The molecule has 0 spiro atoms. The topological polar surface area (TPSA) is 157 Å². The molecular weight excluding hydrogens is 424 g/mol. The second-order valence-corrected chi connectivity index (χ2v) is 6.74. The van der Waals surface area contributed by atoms with Crippen LogP contribution in [-0.2, 0) is 6.54 Å². The molecule has 3 rings (SSSR count). The van der Waals surface area contributed by atoms with Crippen molar-refractivity contribution in [1.29, 1.82) is 5.26 Å². The molecular formula is C19H14N6O5S. The Morgan fingerprint density at radius 1 is 1.13 bits per heavy atom. The zero-order valence-electron chi connectivity index (χ0n) is 16.0. The highest BCUT2D eigenvalue weighted by Gasteiger charge is 2.29. The van der Waals surface area contributed by atoms with E-state index in [2.05, 4.69) is 15.3 Å². The number of hydrogen-bond acceptors (Lipinski definition) is 10. The smallest absolute Gasteiger partial charge is 0.373 e. The molecule has 156 valence electrons. The number of nitro groups is 2. The van der Waals surface area contributed by atoms with Crippen LogP contribution in [0.3, 0.4) is 0 Å². The molecule has 1 N–H and O–H groups in total. The molecule has 2 aromatic carbocycles. The van der Waals surface area contributed by atoms with Crippen molar-refractivity contribution in [1.82, 2.24) is 9.97 Å². The Kier molecular flexibility index (Phi) is 6.58. The normalized spacial score (nSPS) is 10.2. The number of hydrogen-bond donors (Lipinski definition) is 1. The van der Waals surface area contributed by atoms with E-state index >= 15 is 0 Å². The number of benzene rings is 2. The molecule has 0 bridgehead atoms. The van der Waals surface area contributed by atoms with Crippen molar-refractivity contribution in [2.24, 2.45) is 0 Å². The third-order valence-corrected chi connectivity index (χ3v) is 4.54. The monoisotopic (exact) mass is 438 g/mol. The average molecular weight is 438 g/mol. The quantitative estimate of drug-likeness (QED) is 0.233. The fraction of sp³-hybridized carbons (Fsp3) is 0.105. The van der Waals surface area contributed by atoms with Crippen LogP contribution in [0.2, 0.25) is 0 Å². The van der Waals surface area contributed by atoms with E-state index in [1.165, 1.54) is 6.07 Å². The van der Waals surface area contributed by atoms with E-state index < -0.39 is 27.1 Å². The maximum Gasteiger partial charge on any atom is 0.373 e. The van der Waals surface area contributed by atoms with Crippen LogP contribution in [0.4, 0.5) is 17.2 Å². The fourth-order valence-electron chi connectivity index (χ4n) is 2.57. The molecule has 12 heteroatoms. The number of aromatic nitrogens is 2. The molecule has 0 saturated carbocycles. The van der Waals surface area contributed by atoms with E-state index in [0.29, 0.717) is 0 Å².